The molecular weight excluding hydrogens is 336 g/mol. The number of azo groups is 1. The van der Waals surface area contributed by atoms with Gasteiger partial charge in [-0.15, -0.1) is 10.2 Å². The Hall–Kier alpha value is -3.08. The summed E-state index contributed by atoms with van der Waals surface area (Å²) in [6.07, 6.45) is -0.744. The predicted molar refractivity (Wildman–Crippen MR) is 86.1 cm³/mol. The number of nitrogens with zero attached hydrogens (tertiary/aromatic N) is 4. The van der Waals surface area contributed by atoms with Gasteiger partial charge in [-0.1, -0.05) is 0 Å². The highest BCUT2D eigenvalue weighted by atomic mass is 32.1. The average Bonchev–Trinajstić information content (AvgIpc) is 2.92. The molecular formula is C13H14N6O4S. The Labute approximate surface area is 140 Å². The van der Waals surface area contributed by atoms with Crippen molar-refractivity contribution in [2.24, 2.45) is 16.0 Å². The molecule has 1 heterocycles. The summed E-state index contributed by atoms with van der Waals surface area (Å²) in [4.78, 5) is 26.9. The molecule has 126 valence electrons. The third kappa shape index (κ3) is 4.23. The number of rotatable bonds is 5. The molecule has 11 heteroatoms. The van der Waals surface area contributed by atoms with Crippen LogP contribution in [0.15, 0.2) is 22.4 Å². The molecule has 24 heavy (non-hydrogen) atoms. The fourth-order valence-electron chi connectivity index (χ4n) is 1.66. The maximum atomic E-state index is 11.6. The summed E-state index contributed by atoms with van der Waals surface area (Å²) in [5, 5.41) is 20.3. The highest BCUT2D eigenvalue weighted by Gasteiger charge is 2.15. The zero-order valence-electron chi connectivity index (χ0n) is 12.8. The molecule has 0 bridgehead atoms. The molecule has 2 rings (SSSR count). The first-order chi connectivity index (χ1) is 11.4. The molecule has 0 aliphatic carbocycles. The Balaban J connectivity index is 2.40. The third-order valence-electron chi connectivity index (χ3n) is 2.65. The Kier molecular flexibility index (Phi) is 5.37. The lowest BCUT2D eigenvalue weighted by Gasteiger charge is -2.10. The van der Waals surface area contributed by atoms with Crippen molar-refractivity contribution in [1.82, 2.24) is 9.36 Å². The zero-order chi connectivity index (χ0) is 17.7. The fraction of sp³-hybridized carbons (Fsp3) is 0.231. The fourth-order valence-corrected chi connectivity index (χ4v) is 2.16. The smallest absolute Gasteiger partial charge is 0.411 e. The number of ether oxygens (including phenoxy) is 1. The van der Waals surface area contributed by atoms with Gasteiger partial charge < -0.3 is 15.6 Å². The molecule has 0 unspecified atom stereocenters. The first-order valence-electron chi connectivity index (χ1n) is 6.73. The van der Waals surface area contributed by atoms with Gasteiger partial charge in [0.2, 0.25) is 5.13 Å². The molecule has 2 aromatic rings. The van der Waals surface area contributed by atoms with Crippen LogP contribution in [0.3, 0.4) is 0 Å². The van der Waals surface area contributed by atoms with E-state index in [2.05, 4.69) is 24.9 Å². The summed E-state index contributed by atoms with van der Waals surface area (Å²) >= 11 is 1.04. The largest absolute Gasteiger partial charge is 0.507 e. The number of carbonyl (C=O) groups excluding carboxylic acids is 2. The van der Waals surface area contributed by atoms with Gasteiger partial charge in [-0.2, -0.15) is 4.37 Å². The van der Waals surface area contributed by atoms with Crippen LogP contribution in [0.5, 0.6) is 5.75 Å². The van der Waals surface area contributed by atoms with Crippen LogP contribution in [0.4, 0.5) is 21.3 Å². The molecule has 10 nitrogen and oxygen atoms in total. The highest BCUT2D eigenvalue weighted by Crippen LogP contribution is 2.34. The Morgan fingerprint density at radius 2 is 2.17 bits per heavy atom. The summed E-state index contributed by atoms with van der Waals surface area (Å²) in [5.41, 5.74) is 5.23. The van der Waals surface area contributed by atoms with Gasteiger partial charge in [0.05, 0.1) is 17.9 Å². The predicted octanol–water partition coefficient (Wildman–Crippen LogP) is 2.63. The normalized spacial score (nSPS) is 10.8. The van der Waals surface area contributed by atoms with Crippen molar-refractivity contribution < 1.29 is 19.4 Å². The van der Waals surface area contributed by atoms with Crippen LogP contribution in [-0.4, -0.2) is 33.1 Å². The van der Waals surface area contributed by atoms with Gasteiger partial charge in [-0.3, -0.25) is 10.1 Å². The number of hydrogen-bond donors (Lipinski definition) is 3. The number of nitrogens with one attached hydrogen (secondary N) is 1. The van der Waals surface area contributed by atoms with Crippen LogP contribution in [-0.2, 0) is 4.74 Å². The van der Waals surface area contributed by atoms with Gasteiger partial charge in [0.15, 0.2) is 0 Å². The van der Waals surface area contributed by atoms with E-state index in [-0.39, 0.29) is 23.5 Å². The quantitative estimate of drug-likeness (QED) is 0.705. The lowest BCUT2D eigenvalue weighted by molar-refractivity contribution is 0.0997. The lowest BCUT2D eigenvalue weighted by Crippen LogP contribution is -2.15. The number of amides is 2. The molecule has 0 fully saturated rings. The number of aryl methyl sites for hydroxylation is 1. The number of aromatic hydroxyl groups is 1. The second-order valence-electron chi connectivity index (χ2n) is 4.42. The molecule has 0 saturated carbocycles. The Morgan fingerprint density at radius 3 is 2.75 bits per heavy atom. The number of carbonyl (C=O) groups is 2. The molecule has 4 N–H and O–H groups in total. The van der Waals surface area contributed by atoms with Crippen molar-refractivity contribution in [2.45, 2.75) is 13.8 Å². The first kappa shape index (κ1) is 17.3. The van der Waals surface area contributed by atoms with Gasteiger partial charge in [0, 0.05) is 17.6 Å². The summed E-state index contributed by atoms with van der Waals surface area (Å²) in [6, 6.07) is 2.34. The van der Waals surface area contributed by atoms with Gasteiger partial charge in [-0.05, 0) is 19.9 Å². The first-order valence-corrected chi connectivity index (χ1v) is 7.50. The van der Waals surface area contributed by atoms with Gasteiger partial charge in [-0.25, -0.2) is 9.78 Å². The van der Waals surface area contributed by atoms with Crippen molar-refractivity contribution in [3.63, 3.8) is 0 Å². The monoisotopic (exact) mass is 350 g/mol. The van der Waals surface area contributed by atoms with E-state index in [4.69, 9.17) is 10.5 Å². The van der Waals surface area contributed by atoms with E-state index < -0.39 is 17.7 Å². The van der Waals surface area contributed by atoms with Crippen LogP contribution < -0.4 is 11.1 Å². The summed E-state index contributed by atoms with van der Waals surface area (Å²) in [6.45, 7) is 3.51. The number of phenols is 1. The molecule has 1 aromatic heterocycles. The summed E-state index contributed by atoms with van der Waals surface area (Å²) in [5.74, 6) is -0.708. The van der Waals surface area contributed by atoms with E-state index in [1.54, 1.807) is 13.8 Å². The Morgan fingerprint density at radius 1 is 1.42 bits per heavy atom. The lowest BCUT2D eigenvalue weighted by atomic mass is 10.1. The molecule has 0 radical (unpaired) electrons. The van der Waals surface area contributed by atoms with E-state index >= 15 is 0 Å². The zero-order valence-corrected chi connectivity index (χ0v) is 13.6. The van der Waals surface area contributed by atoms with Crippen LogP contribution in [0, 0.1) is 6.92 Å². The average molecular weight is 350 g/mol. The molecule has 2 amide bonds. The van der Waals surface area contributed by atoms with Crippen molar-refractivity contribution in [3.8, 4) is 5.75 Å². The Bertz CT molecular complexity index is 804. The molecule has 0 aliphatic heterocycles. The van der Waals surface area contributed by atoms with E-state index in [1.807, 2.05) is 0 Å². The molecule has 0 saturated heterocycles. The molecule has 0 aliphatic rings. The second-order valence-corrected chi connectivity index (χ2v) is 5.15. The van der Waals surface area contributed by atoms with Crippen molar-refractivity contribution in [3.05, 3.63) is 23.5 Å². The van der Waals surface area contributed by atoms with Crippen LogP contribution in [0.25, 0.3) is 0 Å². The van der Waals surface area contributed by atoms with Crippen LogP contribution in [0.2, 0.25) is 0 Å². The van der Waals surface area contributed by atoms with Crippen molar-refractivity contribution >= 4 is 40.0 Å². The number of anilines is 1. The number of primary amides is 1. The van der Waals surface area contributed by atoms with E-state index in [9.17, 15) is 14.7 Å². The minimum absolute atomic E-state index is 0.0981. The minimum Gasteiger partial charge on any atom is -0.507 e. The topological polar surface area (TPSA) is 152 Å². The number of aromatic nitrogens is 2. The molecule has 0 spiro atoms. The van der Waals surface area contributed by atoms with Gasteiger partial charge >= 0.3 is 6.09 Å². The molecule has 0 atom stereocenters. The maximum Gasteiger partial charge on any atom is 0.411 e. The van der Waals surface area contributed by atoms with Crippen molar-refractivity contribution in [1.29, 1.82) is 0 Å². The second kappa shape index (κ2) is 7.46. The van der Waals surface area contributed by atoms with Crippen molar-refractivity contribution in [2.75, 3.05) is 11.9 Å². The van der Waals surface area contributed by atoms with E-state index in [0.29, 0.717) is 11.0 Å². The standard InChI is InChI=1S/C13H14N6O4S/c1-3-23-13(22)16-8-5-10(20)7(11(14)21)4-9(8)17-18-12-15-6(2)19-24-12/h4-5,20H,3H2,1-2H3,(H2,14,21)(H,16,22)/b18-17+. The van der Waals surface area contributed by atoms with E-state index in [1.165, 1.54) is 6.07 Å². The molecule has 1 aromatic carbocycles. The number of nitrogens with two attached hydrogens (primary N) is 1. The summed E-state index contributed by atoms with van der Waals surface area (Å²) < 4.78 is 8.73. The number of hydrogen-bond acceptors (Lipinski definition) is 9. The SMILES string of the molecule is CCOC(=O)Nc1cc(O)c(C(N)=O)cc1/N=N/c1nc(C)ns1. The third-order valence-corrected chi connectivity index (χ3v) is 3.34. The highest BCUT2D eigenvalue weighted by molar-refractivity contribution is 7.09. The van der Waals surface area contributed by atoms with Crippen LogP contribution >= 0.6 is 11.5 Å². The number of benzene rings is 1. The van der Waals surface area contributed by atoms with Crippen LogP contribution in [0.1, 0.15) is 23.1 Å². The van der Waals surface area contributed by atoms with Gasteiger partial charge in [0.1, 0.15) is 17.3 Å². The minimum atomic E-state index is -0.849. The maximum absolute atomic E-state index is 11.6. The summed E-state index contributed by atoms with van der Waals surface area (Å²) in [7, 11) is 0. The van der Waals surface area contributed by atoms with Gasteiger partial charge in [0.25, 0.3) is 5.91 Å². The van der Waals surface area contributed by atoms with E-state index in [0.717, 1.165) is 17.6 Å².